The van der Waals surface area contributed by atoms with Gasteiger partial charge in [-0.2, -0.15) is 0 Å². The fraction of sp³-hybridized carbons (Fsp3) is 0.267. The van der Waals surface area contributed by atoms with E-state index in [9.17, 15) is 24.9 Å². The van der Waals surface area contributed by atoms with Crippen LogP contribution < -0.4 is 14.4 Å². The highest BCUT2D eigenvalue weighted by Gasteiger charge is 2.48. The number of nitrogens with zero attached hydrogens (tertiary/aromatic N) is 1. The first-order chi connectivity index (χ1) is 18.5. The van der Waals surface area contributed by atoms with Crippen LogP contribution in [-0.4, -0.2) is 40.2 Å². The third kappa shape index (κ3) is 5.52. The number of amides is 1. The van der Waals surface area contributed by atoms with E-state index in [-0.39, 0.29) is 40.1 Å². The third-order valence-corrected chi connectivity index (χ3v) is 6.50. The highest BCUT2D eigenvalue weighted by atomic mass is 35.5. The molecule has 1 fully saturated rings. The molecule has 1 aliphatic rings. The number of aromatic hydroxyl groups is 2. The van der Waals surface area contributed by atoms with Gasteiger partial charge in [0.15, 0.2) is 11.5 Å². The van der Waals surface area contributed by atoms with Crippen molar-refractivity contribution in [2.45, 2.75) is 33.7 Å². The number of carbonyl (C=O) groups excluding carboxylic acids is 2. The van der Waals surface area contributed by atoms with Crippen molar-refractivity contribution in [2.24, 2.45) is 5.92 Å². The first-order valence-corrected chi connectivity index (χ1v) is 12.9. The minimum atomic E-state index is -1.16. The molecule has 3 N–H and O–H groups in total. The van der Waals surface area contributed by atoms with E-state index in [4.69, 9.17) is 21.1 Å². The maximum atomic E-state index is 13.5. The molecule has 0 aliphatic carbocycles. The van der Waals surface area contributed by atoms with E-state index in [1.54, 1.807) is 25.1 Å². The number of aryl methyl sites for hydroxylation is 1. The minimum absolute atomic E-state index is 0.00620. The lowest BCUT2D eigenvalue weighted by atomic mass is 9.94. The fourth-order valence-electron chi connectivity index (χ4n) is 4.43. The molecule has 0 radical (unpaired) electrons. The lowest BCUT2D eigenvalue weighted by Gasteiger charge is -2.26. The number of halogens is 1. The van der Waals surface area contributed by atoms with Crippen molar-refractivity contribution in [2.75, 3.05) is 18.1 Å². The molecule has 4 rings (SSSR count). The molecule has 0 spiro atoms. The Balaban J connectivity index is 1.92. The highest BCUT2D eigenvalue weighted by molar-refractivity contribution is 6.52. The number of phenols is 2. The predicted octanol–water partition coefficient (Wildman–Crippen LogP) is 6.12. The maximum Gasteiger partial charge on any atom is 0.300 e. The zero-order chi connectivity index (χ0) is 28.4. The highest BCUT2D eigenvalue weighted by Crippen LogP contribution is 2.46. The number of carbonyl (C=O) groups is 2. The van der Waals surface area contributed by atoms with Crippen molar-refractivity contribution < 1.29 is 34.4 Å². The van der Waals surface area contributed by atoms with E-state index in [0.717, 1.165) is 10.5 Å². The summed E-state index contributed by atoms with van der Waals surface area (Å²) in [5.41, 5.74) is 1.22. The van der Waals surface area contributed by atoms with Gasteiger partial charge in [-0.3, -0.25) is 14.5 Å². The summed E-state index contributed by atoms with van der Waals surface area (Å²) in [6.07, 6.45) is 0. The molecular weight excluding hydrogens is 522 g/mol. The van der Waals surface area contributed by atoms with Crippen LogP contribution in [0, 0.1) is 12.8 Å². The molecule has 1 atom stereocenters. The van der Waals surface area contributed by atoms with Gasteiger partial charge in [-0.25, -0.2) is 0 Å². The molecule has 1 unspecified atom stereocenters. The number of benzene rings is 3. The lowest BCUT2D eigenvalue weighted by molar-refractivity contribution is -0.132. The van der Waals surface area contributed by atoms with Crippen LogP contribution in [0.5, 0.6) is 23.0 Å². The molecule has 8 nitrogen and oxygen atoms in total. The van der Waals surface area contributed by atoms with Crippen molar-refractivity contribution >= 4 is 34.7 Å². The number of aliphatic hydroxyl groups is 1. The van der Waals surface area contributed by atoms with E-state index in [0.29, 0.717) is 29.4 Å². The molecule has 1 amide bonds. The molecule has 1 heterocycles. The Kier molecular flexibility index (Phi) is 8.06. The van der Waals surface area contributed by atoms with Crippen molar-refractivity contribution in [3.8, 4) is 23.0 Å². The van der Waals surface area contributed by atoms with E-state index in [2.05, 4.69) is 0 Å². The minimum Gasteiger partial charge on any atom is -0.507 e. The molecular formula is C30H30ClNO7. The van der Waals surface area contributed by atoms with E-state index >= 15 is 0 Å². The SMILES string of the molecule is CCOc1cc(C2/C(=C(\O)c3ccc(OCC(C)C)c(C)c3)C(=O)C(=O)N2c2cc(Cl)ccc2O)ccc1O. The Labute approximate surface area is 231 Å². The number of hydrogen-bond donors (Lipinski definition) is 3. The van der Waals surface area contributed by atoms with Crippen LogP contribution in [0.3, 0.4) is 0 Å². The number of phenolic OH excluding ortho intramolecular Hbond substituents is 2. The van der Waals surface area contributed by atoms with Gasteiger partial charge in [-0.05, 0) is 79.4 Å². The third-order valence-electron chi connectivity index (χ3n) is 6.26. The standard InChI is InChI=1S/C30H30ClNO7/c1-5-38-25-13-18(6-9-23(25)34)27-26(28(35)19-7-11-24(17(4)12-19)39-15-16(2)3)29(36)30(37)32(27)21-14-20(31)8-10-22(21)33/h6-14,16,27,33-35H,5,15H2,1-4H3/b28-26+. The number of ether oxygens (including phenoxy) is 2. The molecule has 3 aromatic rings. The van der Waals surface area contributed by atoms with Crippen molar-refractivity contribution in [3.05, 3.63) is 81.9 Å². The molecule has 204 valence electrons. The van der Waals surface area contributed by atoms with Crippen LogP contribution in [0.1, 0.15) is 43.5 Å². The second-order valence-electron chi connectivity index (χ2n) is 9.65. The second-order valence-corrected chi connectivity index (χ2v) is 10.1. The Morgan fingerprint density at radius 2 is 1.69 bits per heavy atom. The van der Waals surface area contributed by atoms with Crippen LogP contribution >= 0.6 is 11.6 Å². The molecule has 1 saturated heterocycles. The van der Waals surface area contributed by atoms with Gasteiger partial charge in [-0.15, -0.1) is 0 Å². The monoisotopic (exact) mass is 551 g/mol. The summed E-state index contributed by atoms with van der Waals surface area (Å²) in [6, 6.07) is 12.3. The summed E-state index contributed by atoms with van der Waals surface area (Å²) in [4.78, 5) is 28.0. The van der Waals surface area contributed by atoms with E-state index in [1.165, 1.54) is 36.4 Å². The molecule has 0 aromatic heterocycles. The van der Waals surface area contributed by atoms with Crippen LogP contribution in [-0.2, 0) is 9.59 Å². The second kappa shape index (κ2) is 11.3. The van der Waals surface area contributed by atoms with Crippen molar-refractivity contribution in [1.29, 1.82) is 0 Å². The average molecular weight is 552 g/mol. The number of hydrogen-bond acceptors (Lipinski definition) is 7. The first kappa shape index (κ1) is 27.9. The van der Waals surface area contributed by atoms with Crippen LogP contribution in [0.25, 0.3) is 5.76 Å². The topological polar surface area (TPSA) is 117 Å². The van der Waals surface area contributed by atoms with Gasteiger partial charge in [0.1, 0.15) is 17.3 Å². The number of aliphatic hydroxyl groups excluding tert-OH is 1. The maximum absolute atomic E-state index is 13.5. The summed E-state index contributed by atoms with van der Waals surface area (Å²) in [5.74, 6) is -1.61. The largest absolute Gasteiger partial charge is 0.507 e. The van der Waals surface area contributed by atoms with Crippen molar-refractivity contribution in [1.82, 2.24) is 0 Å². The molecule has 0 saturated carbocycles. The summed E-state index contributed by atoms with van der Waals surface area (Å²) < 4.78 is 11.4. The summed E-state index contributed by atoms with van der Waals surface area (Å²) >= 11 is 6.17. The number of anilines is 1. The quantitative estimate of drug-likeness (QED) is 0.175. The zero-order valence-electron chi connectivity index (χ0n) is 22.1. The molecule has 39 heavy (non-hydrogen) atoms. The Morgan fingerprint density at radius 1 is 0.974 bits per heavy atom. The van der Waals surface area contributed by atoms with Gasteiger partial charge in [0.05, 0.1) is 30.5 Å². The molecule has 9 heteroatoms. The van der Waals surface area contributed by atoms with Gasteiger partial charge < -0.3 is 24.8 Å². The molecule has 1 aliphatic heterocycles. The summed E-state index contributed by atoms with van der Waals surface area (Å²) in [6.45, 7) is 8.42. The zero-order valence-corrected chi connectivity index (χ0v) is 22.8. The van der Waals surface area contributed by atoms with Gasteiger partial charge in [0.2, 0.25) is 0 Å². The number of Topliss-reactive ketones (excluding diaryl/α,β-unsaturated/α-hetero) is 1. The number of ketones is 1. The smallest absolute Gasteiger partial charge is 0.300 e. The van der Waals surface area contributed by atoms with Crippen LogP contribution in [0.4, 0.5) is 5.69 Å². The Morgan fingerprint density at radius 3 is 2.36 bits per heavy atom. The number of rotatable bonds is 8. The Hall–Kier alpha value is -4.17. The molecule has 3 aromatic carbocycles. The first-order valence-electron chi connectivity index (χ1n) is 12.5. The van der Waals surface area contributed by atoms with Gasteiger partial charge in [0.25, 0.3) is 11.7 Å². The van der Waals surface area contributed by atoms with Crippen LogP contribution in [0.15, 0.2) is 60.2 Å². The summed E-state index contributed by atoms with van der Waals surface area (Å²) in [7, 11) is 0. The van der Waals surface area contributed by atoms with E-state index in [1.807, 2.05) is 20.8 Å². The molecule has 0 bridgehead atoms. The fourth-order valence-corrected chi connectivity index (χ4v) is 4.59. The van der Waals surface area contributed by atoms with Gasteiger partial charge in [-0.1, -0.05) is 31.5 Å². The van der Waals surface area contributed by atoms with Gasteiger partial charge >= 0.3 is 0 Å². The van der Waals surface area contributed by atoms with Gasteiger partial charge in [0, 0.05) is 10.6 Å². The van der Waals surface area contributed by atoms with Crippen molar-refractivity contribution in [3.63, 3.8) is 0 Å². The normalized spacial score (nSPS) is 16.7. The lowest BCUT2D eigenvalue weighted by Crippen LogP contribution is -2.29. The van der Waals surface area contributed by atoms with Crippen LogP contribution in [0.2, 0.25) is 5.02 Å². The summed E-state index contributed by atoms with van der Waals surface area (Å²) in [5, 5.41) is 32.6. The Bertz CT molecular complexity index is 1460. The average Bonchev–Trinajstić information content (AvgIpc) is 3.15. The predicted molar refractivity (Wildman–Crippen MR) is 149 cm³/mol. The van der Waals surface area contributed by atoms with E-state index < -0.39 is 23.5 Å².